The predicted molar refractivity (Wildman–Crippen MR) is 99.6 cm³/mol. The van der Waals surface area contributed by atoms with Gasteiger partial charge in [-0.1, -0.05) is 36.4 Å². The Morgan fingerprint density at radius 3 is 2.07 bits per heavy atom. The molecule has 0 aliphatic heterocycles. The third-order valence-electron chi connectivity index (χ3n) is 3.97. The van der Waals surface area contributed by atoms with Crippen LogP contribution in [0.1, 0.15) is 27.0 Å². The molecule has 0 radical (unpaired) electrons. The second kappa shape index (κ2) is 8.61. The first-order valence-corrected chi connectivity index (χ1v) is 8.41. The molecule has 0 spiro atoms. The Balaban J connectivity index is 1.50. The summed E-state index contributed by atoms with van der Waals surface area (Å²) in [6.07, 6.45) is 3.17. The zero-order valence-corrected chi connectivity index (χ0v) is 14.6. The molecule has 0 saturated heterocycles. The summed E-state index contributed by atoms with van der Waals surface area (Å²) in [4.78, 5) is 26.9. The van der Waals surface area contributed by atoms with E-state index in [0.29, 0.717) is 25.2 Å². The Morgan fingerprint density at radius 1 is 0.889 bits per heavy atom. The third kappa shape index (κ3) is 5.40. The number of primary amides is 1. The minimum Gasteiger partial charge on any atom is -0.352 e. The number of nitrogens with one attached hydrogen (secondary N) is 2. The lowest BCUT2D eigenvalue weighted by Gasteiger charge is -2.08. The standard InChI is InChI=1S/C19H20N6O2/c20-19(27)23-10-15-5-7-17(8-6-15)18(26)22-9-14-1-3-16(4-2-14)11-25-13-21-12-24-25/h1-8,12-13H,9-11H2,(H,22,26)(H3,20,23,27). The zero-order chi connectivity index (χ0) is 19.1. The number of amides is 3. The van der Waals surface area contributed by atoms with E-state index in [1.165, 1.54) is 6.33 Å². The second-order valence-corrected chi connectivity index (χ2v) is 6.01. The van der Waals surface area contributed by atoms with Crippen molar-refractivity contribution in [3.05, 3.63) is 83.4 Å². The molecule has 0 fully saturated rings. The van der Waals surface area contributed by atoms with Gasteiger partial charge in [-0.15, -0.1) is 0 Å². The van der Waals surface area contributed by atoms with Crippen LogP contribution in [-0.4, -0.2) is 26.7 Å². The monoisotopic (exact) mass is 364 g/mol. The van der Waals surface area contributed by atoms with Crippen LogP contribution in [0.5, 0.6) is 0 Å². The Labute approximate surface area is 156 Å². The van der Waals surface area contributed by atoms with Gasteiger partial charge in [0.15, 0.2) is 0 Å². The molecule has 3 rings (SSSR count). The average Bonchev–Trinajstić information content (AvgIpc) is 3.19. The van der Waals surface area contributed by atoms with E-state index < -0.39 is 6.03 Å². The minimum atomic E-state index is -0.580. The summed E-state index contributed by atoms with van der Waals surface area (Å²) in [5.74, 6) is -0.156. The fourth-order valence-corrected chi connectivity index (χ4v) is 2.51. The maximum Gasteiger partial charge on any atom is 0.312 e. The molecule has 0 aliphatic carbocycles. The van der Waals surface area contributed by atoms with Crippen molar-refractivity contribution in [3.63, 3.8) is 0 Å². The lowest BCUT2D eigenvalue weighted by Crippen LogP contribution is -2.28. The maximum atomic E-state index is 12.3. The Kier molecular flexibility index (Phi) is 5.78. The van der Waals surface area contributed by atoms with Gasteiger partial charge in [0.05, 0.1) is 6.54 Å². The van der Waals surface area contributed by atoms with Crippen LogP contribution in [0.15, 0.2) is 61.2 Å². The summed E-state index contributed by atoms with van der Waals surface area (Å²) >= 11 is 0. The highest BCUT2D eigenvalue weighted by Gasteiger charge is 2.06. The van der Waals surface area contributed by atoms with Gasteiger partial charge in [-0.3, -0.25) is 4.79 Å². The summed E-state index contributed by atoms with van der Waals surface area (Å²) in [6, 6.07) is 14.4. The number of aromatic nitrogens is 3. The summed E-state index contributed by atoms with van der Waals surface area (Å²) in [6.45, 7) is 1.43. The van der Waals surface area contributed by atoms with Crippen molar-refractivity contribution in [3.8, 4) is 0 Å². The molecule has 8 nitrogen and oxygen atoms in total. The van der Waals surface area contributed by atoms with Crippen molar-refractivity contribution in [2.45, 2.75) is 19.6 Å². The summed E-state index contributed by atoms with van der Waals surface area (Å²) < 4.78 is 1.75. The number of carbonyl (C=O) groups excluding carboxylic acids is 2. The van der Waals surface area contributed by atoms with Crippen LogP contribution < -0.4 is 16.4 Å². The fourth-order valence-electron chi connectivity index (χ4n) is 2.51. The number of benzene rings is 2. The molecule has 138 valence electrons. The smallest absolute Gasteiger partial charge is 0.312 e. The van der Waals surface area contributed by atoms with Crippen molar-refractivity contribution in [1.82, 2.24) is 25.4 Å². The molecular weight excluding hydrogens is 344 g/mol. The van der Waals surface area contributed by atoms with Crippen molar-refractivity contribution in [1.29, 1.82) is 0 Å². The van der Waals surface area contributed by atoms with E-state index in [1.54, 1.807) is 35.3 Å². The maximum absolute atomic E-state index is 12.3. The molecule has 4 N–H and O–H groups in total. The van der Waals surface area contributed by atoms with Gasteiger partial charge in [-0.25, -0.2) is 14.5 Å². The van der Waals surface area contributed by atoms with Crippen LogP contribution >= 0.6 is 0 Å². The molecule has 3 aromatic rings. The minimum absolute atomic E-state index is 0.156. The van der Waals surface area contributed by atoms with Crippen LogP contribution in [-0.2, 0) is 19.6 Å². The fraction of sp³-hybridized carbons (Fsp3) is 0.158. The number of rotatable bonds is 7. The first kappa shape index (κ1) is 18.1. The SMILES string of the molecule is NC(=O)NCc1ccc(C(=O)NCc2ccc(Cn3cncn3)cc2)cc1. The quantitative estimate of drug-likeness (QED) is 0.588. The van der Waals surface area contributed by atoms with Crippen LogP contribution in [0, 0.1) is 0 Å². The molecule has 27 heavy (non-hydrogen) atoms. The van der Waals surface area contributed by atoms with Gasteiger partial charge in [-0.05, 0) is 28.8 Å². The van der Waals surface area contributed by atoms with E-state index in [2.05, 4.69) is 20.7 Å². The van der Waals surface area contributed by atoms with Crippen molar-refractivity contribution < 1.29 is 9.59 Å². The molecular formula is C19H20N6O2. The average molecular weight is 364 g/mol. The number of nitrogens with two attached hydrogens (primary N) is 1. The molecule has 0 atom stereocenters. The lowest BCUT2D eigenvalue weighted by molar-refractivity contribution is 0.0951. The van der Waals surface area contributed by atoms with E-state index in [9.17, 15) is 9.59 Å². The highest BCUT2D eigenvalue weighted by atomic mass is 16.2. The van der Waals surface area contributed by atoms with Gasteiger partial charge in [0.25, 0.3) is 5.91 Å². The largest absolute Gasteiger partial charge is 0.352 e. The van der Waals surface area contributed by atoms with E-state index in [4.69, 9.17) is 5.73 Å². The van der Waals surface area contributed by atoms with Gasteiger partial charge in [0, 0.05) is 18.7 Å². The Morgan fingerprint density at radius 2 is 1.48 bits per heavy atom. The highest BCUT2D eigenvalue weighted by Crippen LogP contribution is 2.08. The van der Waals surface area contributed by atoms with Gasteiger partial charge < -0.3 is 16.4 Å². The number of hydrogen-bond acceptors (Lipinski definition) is 4. The van der Waals surface area contributed by atoms with Gasteiger partial charge >= 0.3 is 6.03 Å². The Bertz CT molecular complexity index is 889. The summed E-state index contributed by atoms with van der Waals surface area (Å²) in [5.41, 5.74) is 8.57. The molecule has 1 heterocycles. The molecule has 0 aliphatic rings. The van der Waals surface area contributed by atoms with E-state index in [1.807, 2.05) is 24.3 Å². The van der Waals surface area contributed by atoms with Crippen molar-refractivity contribution >= 4 is 11.9 Å². The van der Waals surface area contributed by atoms with Gasteiger partial charge in [0.1, 0.15) is 12.7 Å². The number of carbonyl (C=O) groups is 2. The van der Waals surface area contributed by atoms with Crippen LogP contribution in [0.2, 0.25) is 0 Å². The van der Waals surface area contributed by atoms with Crippen molar-refractivity contribution in [2.75, 3.05) is 0 Å². The van der Waals surface area contributed by atoms with Gasteiger partial charge in [0.2, 0.25) is 0 Å². The molecule has 2 aromatic carbocycles. The van der Waals surface area contributed by atoms with E-state index >= 15 is 0 Å². The molecule has 0 bridgehead atoms. The second-order valence-electron chi connectivity index (χ2n) is 6.01. The normalized spacial score (nSPS) is 10.4. The lowest BCUT2D eigenvalue weighted by atomic mass is 10.1. The molecule has 8 heteroatoms. The number of nitrogens with zero attached hydrogens (tertiary/aromatic N) is 3. The number of urea groups is 1. The molecule has 0 saturated carbocycles. The van der Waals surface area contributed by atoms with Crippen LogP contribution in [0.25, 0.3) is 0 Å². The molecule has 1 aromatic heterocycles. The molecule has 3 amide bonds. The zero-order valence-electron chi connectivity index (χ0n) is 14.6. The van der Waals surface area contributed by atoms with E-state index in [0.717, 1.165) is 16.7 Å². The first-order chi connectivity index (χ1) is 13.1. The predicted octanol–water partition coefficient (Wildman–Crippen LogP) is 1.42. The summed E-state index contributed by atoms with van der Waals surface area (Å²) in [7, 11) is 0. The number of hydrogen-bond donors (Lipinski definition) is 3. The van der Waals surface area contributed by atoms with Gasteiger partial charge in [-0.2, -0.15) is 5.10 Å². The third-order valence-corrected chi connectivity index (χ3v) is 3.97. The van der Waals surface area contributed by atoms with E-state index in [-0.39, 0.29) is 5.91 Å². The summed E-state index contributed by atoms with van der Waals surface area (Å²) in [5, 5.41) is 9.47. The highest BCUT2D eigenvalue weighted by molar-refractivity contribution is 5.94. The first-order valence-electron chi connectivity index (χ1n) is 8.41. The van der Waals surface area contributed by atoms with Crippen LogP contribution in [0.3, 0.4) is 0 Å². The Hall–Kier alpha value is -3.68. The van der Waals surface area contributed by atoms with Crippen LogP contribution in [0.4, 0.5) is 4.79 Å². The molecule has 0 unspecified atom stereocenters. The van der Waals surface area contributed by atoms with Crippen molar-refractivity contribution in [2.24, 2.45) is 5.73 Å². The topological polar surface area (TPSA) is 115 Å².